The van der Waals surface area contributed by atoms with E-state index < -0.39 is 0 Å². The summed E-state index contributed by atoms with van der Waals surface area (Å²) < 4.78 is 3.56. The van der Waals surface area contributed by atoms with Crippen molar-refractivity contribution in [3.63, 3.8) is 0 Å². The van der Waals surface area contributed by atoms with E-state index in [-0.39, 0.29) is 6.04 Å². The Morgan fingerprint density at radius 1 is 1.10 bits per heavy atom. The van der Waals surface area contributed by atoms with E-state index in [4.69, 9.17) is 0 Å². The summed E-state index contributed by atoms with van der Waals surface area (Å²) in [5.41, 5.74) is 3.80. The summed E-state index contributed by atoms with van der Waals surface area (Å²) >= 11 is 9.75. The molecular formula is C16H16Br2IN. The van der Waals surface area contributed by atoms with Gasteiger partial charge in [0.05, 0.1) is 6.04 Å². The molecule has 1 atom stereocenters. The summed E-state index contributed by atoms with van der Waals surface area (Å²) in [5.74, 6) is 0. The molecule has 0 fully saturated rings. The predicted molar refractivity (Wildman–Crippen MR) is 101 cm³/mol. The first kappa shape index (κ1) is 16.5. The molecule has 1 N–H and O–H groups in total. The summed E-state index contributed by atoms with van der Waals surface area (Å²) in [5, 5.41) is 3.59. The Morgan fingerprint density at radius 2 is 1.80 bits per heavy atom. The molecule has 0 aliphatic rings. The first-order valence-electron chi connectivity index (χ1n) is 6.48. The van der Waals surface area contributed by atoms with Crippen molar-refractivity contribution in [1.82, 2.24) is 5.32 Å². The number of aryl methyl sites for hydroxylation is 1. The molecule has 0 spiro atoms. The maximum Gasteiger partial charge on any atom is 0.0598 e. The molecule has 2 rings (SSSR count). The van der Waals surface area contributed by atoms with Gasteiger partial charge in [-0.3, -0.25) is 0 Å². The topological polar surface area (TPSA) is 12.0 Å². The lowest BCUT2D eigenvalue weighted by Gasteiger charge is -2.22. The Labute approximate surface area is 150 Å². The molecule has 20 heavy (non-hydrogen) atoms. The van der Waals surface area contributed by atoms with E-state index in [0.29, 0.717) is 0 Å². The summed E-state index contributed by atoms with van der Waals surface area (Å²) in [6, 6.07) is 13.1. The van der Waals surface area contributed by atoms with Gasteiger partial charge >= 0.3 is 0 Å². The summed E-state index contributed by atoms with van der Waals surface area (Å²) in [6.07, 6.45) is 0. The van der Waals surface area contributed by atoms with E-state index in [1.165, 1.54) is 20.3 Å². The molecule has 0 aliphatic heterocycles. The number of halogens is 3. The van der Waals surface area contributed by atoms with Gasteiger partial charge in [0.15, 0.2) is 0 Å². The second kappa shape index (κ2) is 7.38. The van der Waals surface area contributed by atoms with Crippen LogP contribution < -0.4 is 5.32 Å². The monoisotopic (exact) mass is 507 g/mol. The summed E-state index contributed by atoms with van der Waals surface area (Å²) in [6.45, 7) is 5.17. The molecule has 2 aromatic carbocycles. The fourth-order valence-corrected chi connectivity index (χ4v) is 3.93. The molecule has 2 aromatic rings. The third-order valence-electron chi connectivity index (χ3n) is 3.21. The maximum absolute atomic E-state index is 3.71. The third kappa shape index (κ3) is 3.64. The van der Waals surface area contributed by atoms with Gasteiger partial charge in [-0.2, -0.15) is 0 Å². The average molecular weight is 509 g/mol. The van der Waals surface area contributed by atoms with Crippen LogP contribution in [-0.2, 0) is 0 Å². The molecule has 0 amide bonds. The third-order valence-corrected chi connectivity index (χ3v) is 5.74. The fraction of sp³-hybridized carbons (Fsp3) is 0.250. The van der Waals surface area contributed by atoms with Gasteiger partial charge in [-0.25, -0.2) is 0 Å². The lowest BCUT2D eigenvalue weighted by molar-refractivity contribution is 0.626. The zero-order valence-electron chi connectivity index (χ0n) is 11.4. The number of nitrogens with one attached hydrogen (secondary N) is 1. The van der Waals surface area contributed by atoms with Crippen molar-refractivity contribution in [1.29, 1.82) is 0 Å². The highest BCUT2D eigenvalue weighted by Gasteiger charge is 2.19. The zero-order chi connectivity index (χ0) is 14.7. The van der Waals surface area contributed by atoms with Crippen LogP contribution in [0.5, 0.6) is 0 Å². The molecule has 106 valence electrons. The van der Waals surface area contributed by atoms with Gasteiger partial charge in [0.2, 0.25) is 0 Å². The quantitative estimate of drug-likeness (QED) is 0.513. The van der Waals surface area contributed by atoms with Crippen LogP contribution in [0.3, 0.4) is 0 Å². The Morgan fingerprint density at radius 3 is 2.45 bits per heavy atom. The minimum atomic E-state index is 0.194. The molecule has 1 unspecified atom stereocenters. The van der Waals surface area contributed by atoms with E-state index in [2.05, 4.69) is 110 Å². The molecule has 0 heterocycles. The molecule has 0 bridgehead atoms. The maximum atomic E-state index is 3.71. The van der Waals surface area contributed by atoms with Gasteiger partial charge < -0.3 is 5.32 Å². The molecule has 0 aromatic heterocycles. The number of hydrogen-bond donors (Lipinski definition) is 1. The van der Waals surface area contributed by atoms with Crippen molar-refractivity contribution < 1.29 is 0 Å². The SMILES string of the molecule is CCNC(c1cc(Br)c(C)cc1Br)c1ccccc1I. The predicted octanol–water partition coefficient (Wildman–Crippen LogP) is 5.82. The van der Waals surface area contributed by atoms with Crippen LogP contribution in [-0.4, -0.2) is 6.54 Å². The Bertz CT molecular complexity index is 613. The second-order valence-electron chi connectivity index (χ2n) is 4.64. The first-order chi connectivity index (χ1) is 9.54. The minimum Gasteiger partial charge on any atom is -0.306 e. The van der Waals surface area contributed by atoms with E-state index in [0.717, 1.165) is 15.5 Å². The second-order valence-corrected chi connectivity index (χ2v) is 7.51. The average Bonchev–Trinajstić information content (AvgIpc) is 2.42. The Kier molecular flexibility index (Phi) is 6.08. The normalized spacial score (nSPS) is 12.4. The van der Waals surface area contributed by atoms with E-state index in [1.807, 2.05) is 0 Å². The Hall–Kier alpha value is 0.0900. The van der Waals surface area contributed by atoms with E-state index in [1.54, 1.807) is 0 Å². The van der Waals surface area contributed by atoms with Crippen molar-refractivity contribution >= 4 is 54.5 Å². The van der Waals surface area contributed by atoms with Crippen LogP contribution in [0.2, 0.25) is 0 Å². The minimum absolute atomic E-state index is 0.194. The zero-order valence-corrected chi connectivity index (χ0v) is 16.7. The van der Waals surface area contributed by atoms with Crippen LogP contribution >= 0.6 is 54.5 Å². The number of benzene rings is 2. The molecule has 0 saturated carbocycles. The largest absolute Gasteiger partial charge is 0.306 e. The lowest BCUT2D eigenvalue weighted by atomic mass is 9.98. The molecule has 0 saturated heterocycles. The van der Waals surface area contributed by atoms with Gasteiger partial charge in [0.25, 0.3) is 0 Å². The van der Waals surface area contributed by atoms with Crippen molar-refractivity contribution in [2.24, 2.45) is 0 Å². The smallest absolute Gasteiger partial charge is 0.0598 e. The summed E-state index contributed by atoms with van der Waals surface area (Å²) in [7, 11) is 0. The highest BCUT2D eigenvalue weighted by Crippen LogP contribution is 2.34. The van der Waals surface area contributed by atoms with Crippen LogP contribution in [0.4, 0.5) is 0 Å². The molecule has 0 aliphatic carbocycles. The highest BCUT2D eigenvalue weighted by atomic mass is 127. The van der Waals surface area contributed by atoms with Gasteiger partial charge in [-0.1, -0.05) is 57.0 Å². The van der Waals surface area contributed by atoms with Gasteiger partial charge in [-0.15, -0.1) is 0 Å². The van der Waals surface area contributed by atoms with E-state index in [9.17, 15) is 0 Å². The van der Waals surface area contributed by atoms with Crippen LogP contribution in [0.15, 0.2) is 45.3 Å². The molecule has 1 nitrogen and oxygen atoms in total. The standard InChI is InChI=1S/C16H16Br2IN/c1-3-20-16(11-6-4-5-7-15(11)19)12-9-13(17)10(2)8-14(12)18/h4-9,16,20H,3H2,1-2H3. The fourth-order valence-electron chi connectivity index (χ4n) is 2.18. The first-order valence-corrected chi connectivity index (χ1v) is 9.14. The lowest BCUT2D eigenvalue weighted by Crippen LogP contribution is -2.23. The number of hydrogen-bond acceptors (Lipinski definition) is 1. The van der Waals surface area contributed by atoms with E-state index >= 15 is 0 Å². The van der Waals surface area contributed by atoms with Crippen molar-refractivity contribution in [3.8, 4) is 0 Å². The summed E-state index contributed by atoms with van der Waals surface area (Å²) in [4.78, 5) is 0. The van der Waals surface area contributed by atoms with Crippen molar-refractivity contribution in [3.05, 3.63) is 65.6 Å². The van der Waals surface area contributed by atoms with Crippen molar-refractivity contribution in [2.45, 2.75) is 19.9 Å². The van der Waals surface area contributed by atoms with Gasteiger partial charge in [0, 0.05) is 12.5 Å². The van der Waals surface area contributed by atoms with Gasteiger partial charge in [-0.05, 0) is 70.9 Å². The Balaban J connectivity index is 2.54. The number of rotatable bonds is 4. The molecule has 4 heteroatoms. The van der Waals surface area contributed by atoms with Crippen LogP contribution in [0.25, 0.3) is 0 Å². The molecular weight excluding hydrogens is 493 g/mol. The van der Waals surface area contributed by atoms with Gasteiger partial charge in [0.1, 0.15) is 0 Å². The van der Waals surface area contributed by atoms with Crippen LogP contribution in [0.1, 0.15) is 29.7 Å². The highest BCUT2D eigenvalue weighted by molar-refractivity contribution is 14.1. The van der Waals surface area contributed by atoms with Crippen molar-refractivity contribution in [2.75, 3.05) is 6.54 Å². The molecule has 0 radical (unpaired) electrons. The van der Waals surface area contributed by atoms with Crippen LogP contribution in [0, 0.1) is 10.5 Å².